The van der Waals surface area contributed by atoms with E-state index in [4.69, 9.17) is 5.73 Å². The molecule has 0 fully saturated rings. The van der Waals surface area contributed by atoms with Crippen LogP contribution in [0, 0.1) is 6.92 Å². The van der Waals surface area contributed by atoms with Crippen molar-refractivity contribution in [3.63, 3.8) is 0 Å². The van der Waals surface area contributed by atoms with E-state index in [1.165, 1.54) is 0 Å². The van der Waals surface area contributed by atoms with Gasteiger partial charge in [0, 0.05) is 18.3 Å². The molecule has 0 atom stereocenters. The maximum absolute atomic E-state index is 11.4. The molecule has 1 rings (SSSR count). The molecule has 0 bridgehead atoms. The monoisotopic (exact) mass is 237 g/mol. The molecule has 0 saturated heterocycles. The van der Waals surface area contributed by atoms with Crippen LogP contribution >= 0.6 is 0 Å². The third-order valence-electron chi connectivity index (χ3n) is 2.12. The number of carbonyl (C=O) groups excluding carboxylic acids is 1. The minimum absolute atomic E-state index is 0.00405. The van der Waals surface area contributed by atoms with Gasteiger partial charge in [0.2, 0.25) is 5.91 Å². The van der Waals surface area contributed by atoms with E-state index >= 15 is 0 Å². The van der Waals surface area contributed by atoms with Crippen molar-refractivity contribution >= 4 is 11.7 Å². The highest BCUT2D eigenvalue weighted by atomic mass is 16.1. The predicted molar refractivity (Wildman–Crippen MR) is 66.2 cm³/mol. The quantitative estimate of drug-likeness (QED) is 0.749. The number of nitrogens with two attached hydrogens (primary N) is 1. The van der Waals surface area contributed by atoms with Gasteiger partial charge < -0.3 is 11.1 Å². The van der Waals surface area contributed by atoms with Gasteiger partial charge in [0.1, 0.15) is 11.6 Å². The Morgan fingerprint density at radius 3 is 2.82 bits per heavy atom. The highest BCUT2D eigenvalue weighted by molar-refractivity contribution is 5.77. The van der Waals surface area contributed by atoms with Gasteiger partial charge in [-0.3, -0.25) is 9.69 Å². The standard InChI is InChI=1S/C11H19N5O/c1-4-13-11(17)7-16(3)6-10-14-8(2)5-9(12)15-10/h5H,4,6-7H2,1-3H3,(H,13,17)(H2,12,14,15). The summed E-state index contributed by atoms with van der Waals surface area (Å²) in [7, 11) is 1.84. The summed E-state index contributed by atoms with van der Waals surface area (Å²) in [5.74, 6) is 1.09. The van der Waals surface area contributed by atoms with Crippen molar-refractivity contribution in [2.75, 3.05) is 25.9 Å². The fourth-order valence-electron chi connectivity index (χ4n) is 1.52. The van der Waals surface area contributed by atoms with Crippen LogP contribution in [-0.2, 0) is 11.3 Å². The molecule has 6 heteroatoms. The van der Waals surface area contributed by atoms with Gasteiger partial charge >= 0.3 is 0 Å². The van der Waals surface area contributed by atoms with Gasteiger partial charge in [-0.2, -0.15) is 0 Å². The summed E-state index contributed by atoms with van der Waals surface area (Å²) in [6, 6.07) is 1.72. The third-order valence-corrected chi connectivity index (χ3v) is 2.12. The molecule has 17 heavy (non-hydrogen) atoms. The molecule has 3 N–H and O–H groups in total. The number of amides is 1. The van der Waals surface area contributed by atoms with Crippen LogP contribution in [0.4, 0.5) is 5.82 Å². The number of hydrogen-bond donors (Lipinski definition) is 2. The maximum Gasteiger partial charge on any atom is 0.234 e. The Balaban J connectivity index is 2.55. The Hall–Kier alpha value is -1.69. The second-order valence-corrected chi connectivity index (χ2v) is 3.98. The normalized spacial score (nSPS) is 10.6. The lowest BCUT2D eigenvalue weighted by atomic mass is 10.4. The van der Waals surface area contributed by atoms with Crippen molar-refractivity contribution in [1.29, 1.82) is 0 Å². The zero-order valence-electron chi connectivity index (χ0n) is 10.5. The average Bonchev–Trinajstić information content (AvgIpc) is 2.14. The number of nitrogens with zero attached hydrogens (tertiary/aromatic N) is 3. The Morgan fingerprint density at radius 2 is 2.24 bits per heavy atom. The molecule has 0 aliphatic carbocycles. The second kappa shape index (κ2) is 6.15. The van der Waals surface area contributed by atoms with Crippen molar-refractivity contribution in [2.24, 2.45) is 0 Å². The van der Waals surface area contributed by atoms with Crippen molar-refractivity contribution < 1.29 is 4.79 Å². The SMILES string of the molecule is CCNC(=O)CN(C)Cc1nc(C)cc(N)n1. The number of likely N-dealkylation sites (N-methyl/N-ethyl adjacent to an activating group) is 2. The van der Waals surface area contributed by atoms with Crippen molar-refractivity contribution in [2.45, 2.75) is 20.4 Å². The summed E-state index contributed by atoms with van der Waals surface area (Å²) in [5.41, 5.74) is 6.47. The molecule has 0 aromatic carbocycles. The lowest BCUT2D eigenvalue weighted by Gasteiger charge is -2.15. The van der Waals surface area contributed by atoms with E-state index in [2.05, 4.69) is 15.3 Å². The van der Waals surface area contributed by atoms with Gasteiger partial charge in [-0.25, -0.2) is 9.97 Å². The highest BCUT2D eigenvalue weighted by Crippen LogP contribution is 2.03. The maximum atomic E-state index is 11.4. The predicted octanol–water partition coefficient (Wildman–Crippen LogP) is -0.0649. The van der Waals surface area contributed by atoms with Crippen LogP contribution in [0.5, 0.6) is 0 Å². The van der Waals surface area contributed by atoms with Crippen LogP contribution in [0.25, 0.3) is 0 Å². The molecular weight excluding hydrogens is 218 g/mol. The van der Waals surface area contributed by atoms with Crippen LogP contribution in [0.1, 0.15) is 18.4 Å². The lowest BCUT2D eigenvalue weighted by Crippen LogP contribution is -2.35. The first-order valence-electron chi connectivity index (χ1n) is 5.56. The number of rotatable bonds is 5. The van der Waals surface area contributed by atoms with E-state index in [1.54, 1.807) is 6.07 Å². The molecule has 0 saturated carbocycles. The minimum atomic E-state index is -0.00405. The topological polar surface area (TPSA) is 84.1 Å². The van der Waals surface area contributed by atoms with Gasteiger partial charge in [0.25, 0.3) is 0 Å². The molecule has 0 unspecified atom stereocenters. The zero-order valence-corrected chi connectivity index (χ0v) is 10.5. The summed E-state index contributed by atoms with van der Waals surface area (Å²) >= 11 is 0. The average molecular weight is 237 g/mol. The molecule has 1 heterocycles. The van der Waals surface area contributed by atoms with Crippen molar-refractivity contribution in [3.05, 3.63) is 17.6 Å². The van der Waals surface area contributed by atoms with E-state index in [0.29, 0.717) is 31.3 Å². The Kier molecular flexibility index (Phi) is 4.84. The summed E-state index contributed by atoms with van der Waals surface area (Å²) < 4.78 is 0. The van der Waals surface area contributed by atoms with Crippen LogP contribution in [0.15, 0.2) is 6.07 Å². The van der Waals surface area contributed by atoms with E-state index in [-0.39, 0.29) is 5.91 Å². The fraction of sp³-hybridized carbons (Fsp3) is 0.545. The largest absolute Gasteiger partial charge is 0.384 e. The number of aromatic nitrogens is 2. The summed E-state index contributed by atoms with van der Waals surface area (Å²) in [5, 5.41) is 2.74. The summed E-state index contributed by atoms with van der Waals surface area (Å²) in [4.78, 5) is 21.6. The number of anilines is 1. The lowest BCUT2D eigenvalue weighted by molar-refractivity contribution is -0.121. The number of hydrogen-bond acceptors (Lipinski definition) is 5. The summed E-state index contributed by atoms with van der Waals surface area (Å²) in [6.45, 7) is 5.22. The van der Waals surface area contributed by atoms with Crippen LogP contribution in [0.3, 0.4) is 0 Å². The fourth-order valence-corrected chi connectivity index (χ4v) is 1.52. The Labute approximate surface area is 101 Å². The van der Waals surface area contributed by atoms with E-state index in [1.807, 2.05) is 25.8 Å². The Bertz CT molecular complexity index is 373. The van der Waals surface area contributed by atoms with Crippen molar-refractivity contribution in [3.8, 4) is 0 Å². The first-order valence-corrected chi connectivity index (χ1v) is 5.56. The van der Waals surface area contributed by atoms with Crippen LogP contribution in [-0.4, -0.2) is 40.9 Å². The van der Waals surface area contributed by atoms with E-state index in [0.717, 1.165) is 5.69 Å². The molecule has 1 aromatic heterocycles. The van der Waals surface area contributed by atoms with E-state index in [9.17, 15) is 4.79 Å². The molecule has 0 aliphatic rings. The summed E-state index contributed by atoms with van der Waals surface area (Å²) in [6.07, 6.45) is 0. The molecule has 0 radical (unpaired) electrons. The molecule has 94 valence electrons. The van der Waals surface area contributed by atoms with Gasteiger partial charge in [-0.1, -0.05) is 0 Å². The smallest absolute Gasteiger partial charge is 0.234 e. The van der Waals surface area contributed by atoms with Crippen molar-refractivity contribution in [1.82, 2.24) is 20.2 Å². The third kappa shape index (κ3) is 4.78. The van der Waals surface area contributed by atoms with E-state index < -0.39 is 0 Å². The second-order valence-electron chi connectivity index (χ2n) is 3.98. The van der Waals surface area contributed by atoms with Crippen LogP contribution in [0.2, 0.25) is 0 Å². The number of aryl methyl sites for hydroxylation is 1. The first-order chi connectivity index (χ1) is 8.01. The first kappa shape index (κ1) is 13.4. The number of nitrogen functional groups attached to an aromatic ring is 1. The Morgan fingerprint density at radius 1 is 1.53 bits per heavy atom. The number of nitrogens with one attached hydrogen (secondary N) is 1. The molecular formula is C11H19N5O. The van der Waals surface area contributed by atoms with Crippen LogP contribution < -0.4 is 11.1 Å². The molecule has 0 spiro atoms. The minimum Gasteiger partial charge on any atom is -0.384 e. The van der Waals surface area contributed by atoms with Gasteiger partial charge in [-0.05, 0) is 20.9 Å². The zero-order chi connectivity index (χ0) is 12.8. The molecule has 6 nitrogen and oxygen atoms in total. The highest BCUT2D eigenvalue weighted by Gasteiger charge is 2.08. The van der Waals surface area contributed by atoms with Gasteiger partial charge in [0.15, 0.2) is 0 Å². The van der Waals surface area contributed by atoms with Gasteiger partial charge in [-0.15, -0.1) is 0 Å². The number of carbonyl (C=O) groups is 1. The molecule has 1 aromatic rings. The van der Waals surface area contributed by atoms with Gasteiger partial charge in [0.05, 0.1) is 13.1 Å². The molecule has 1 amide bonds. The molecule has 0 aliphatic heterocycles.